The second-order valence-corrected chi connectivity index (χ2v) is 8.62. The quantitative estimate of drug-likeness (QED) is 0.857. The lowest BCUT2D eigenvalue weighted by Gasteiger charge is -2.51. The Morgan fingerprint density at radius 2 is 2.09 bits per heavy atom. The van der Waals surface area contributed by atoms with Gasteiger partial charge in [0.15, 0.2) is 15.9 Å². The predicted octanol–water partition coefficient (Wildman–Crippen LogP) is 2.29. The Balaban J connectivity index is 1.74. The summed E-state index contributed by atoms with van der Waals surface area (Å²) in [6.45, 7) is 0.385. The number of fused-ring (bicyclic) bond motifs is 1. The van der Waals surface area contributed by atoms with Gasteiger partial charge in [0.1, 0.15) is 0 Å². The lowest BCUT2D eigenvalue weighted by Crippen LogP contribution is -2.71. The van der Waals surface area contributed by atoms with Crippen LogP contribution in [0.1, 0.15) is 12.0 Å². The van der Waals surface area contributed by atoms with Crippen molar-refractivity contribution in [1.82, 2.24) is 4.31 Å². The van der Waals surface area contributed by atoms with Gasteiger partial charge in [-0.05, 0) is 29.5 Å². The van der Waals surface area contributed by atoms with E-state index in [4.69, 9.17) is 0 Å². The van der Waals surface area contributed by atoms with Crippen molar-refractivity contribution in [2.24, 2.45) is 0 Å². The Labute approximate surface area is 133 Å². The third-order valence-corrected chi connectivity index (χ3v) is 7.76. The maximum absolute atomic E-state index is 12.8. The minimum absolute atomic E-state index is 0.224. The number of carbonyl (C=O) groups is 1. The fourth-order valence-corrected chi connectivity index (χ4v) is 6.05. The highest BCUT2D eigenvalue weighted by molar-refractivity contribution is 7.97. The van der Waals surface area contributed by atoms with Crippen molar-refractivity contribution in [1.29, 1.82) is 0 Å². The third-order valence-electron chi connectivity index (χ3n) is 4.42. The fourth-order valence-electron chi connectivity index (χ4n) is 3.18. The van der Waals surface area contributed by atoms with Crippen LogP contribution in [0, 0.1) is 0 Å². The van der Waals surface area contributed by atoms with Crippen LogP contribution in [0.2, 0.25) is 0 Å². The van der Waals surface area contributed by atoms with E-state index in [0.717, 1.165) is 11.3 Å². The Morgan fingerprint density at radius 3 is 2.77 bits per heavy atom. The first-order valence-corrected chi connectivity index (χ1v) is 9.32. The van der Waals surface area contributed by atoms with Crippen molar-refractivity contribution in [3.63, 3.8) is 0 Å². The number of amides is 1. The molecule has 2 aromatic rings. The van der Waals surface area contributed by atoms with E-state index >= 15 is 0 Å². The van der Waals surface area contributed by atoms with Crippen LogP contribution in [-0.4, -0.2) is 26.8 Å². The smallest absolute Gasteiger partial charge is 0.249 e. The molecule has 1 aromatic heterocycles. The first kappa shape index (κ1) is 14.1. The Hall–Kier alpha value is -1.54. The molecule has 22 heavy (non-hydrogen) atoms. The Morgan fingerprint density at radius 1 is 1.27 bits per heavy atom. The highest BCUT2D eigenvalue weighted by Gasteiger charge is 2.61. The average molecular weight is 334 g/mol. The Kier molecular flexibility index (Phi) is 3.02. The molecule has 1 saturated heterocycles. The second kappa shape index (κ2) is 4.73. The van der Waals surface area contributed by atoms with Gasteiger partial charge >= 0.3 is 0 Å². The van der Waals surface area contributed by atoms with Crippen molar-refractivity contribution in [3.8, 4) is 0 Å². The number of anilines is 1. The van der Waals surface area contributed by atoms with Gasteiger partial charge < -0.3 is 9.87 Å². The van der Waals surface area contributed by atoms with E-state index in [0.29, 0.717) is 23.6 Å². The number of hydrogen-bond acceptors (Lipinski definition) is 4. The number of hydrogen-bond donors (Lipinski definition) is 1. The van der Waals surface area contributed by atoms with Crippen LogP contribution < -0.4 is 5.32 Å². The van der Waals surface area contributed by atoms with Crippen molar-refractivity contribution in [3.05, 3.63) is 47.3 Å². The summed E-state index contributed by atoms with van der Waals surface area (Å²) in [7, 11) is -3.61. The van der Waals surface area contributed by atoms with Crippen molar-refractivity contribution in [2.45, 2.75) is 22.6 Å². The topological polar surface area (TPSA) is 72.5 Å². The number of nitrogens with one attached hydrogen (secondary N) is 1. The first-order chi connectivity index (χ1) is 10.5. The monoisotopic (exact) mass is 334 g/mol. The number of carbonyl (C=O) groups excluding carboxylic acids is 1. The second-order valence-electron chi connectivity index (χ2n) is 5.58. The van der Waals surface area contributed by atoms with Gasteiger partial charge in [-0.25, -0.2) is 0 Å². The van der Waals surface area contributed by atoms with Crippen molar-refractivity contribution in [2.75, 3.05) is 11.9 Å². The van der Waals surface area contributed by atoms with Crippen LogP contribution in [0.5, 0.6) is 0 Å². The maximum Gasteiger partial charge on any atom is 0.249 e. The van der Waals surface area contributed by atoms with E-state index < -0.39 is 15.9 Å². The minimum atomic E-state index is -3.61. The number of rotatable bonds is 2. The van der Waals surface area contributed by atoms with Gasteiger partial charge in [0.2, 0.25) is 10.1 Å². The fraction of sp³-hybridized carbons (Fsp3) is 0.267. The molecule has 0 bridgehead atoms. The first-order valence-electron chi connectivity index (χ1n) is 7.00. The lowest BCUT2D eigenvalue weighted by molar-refractivity contribution is -0.131. The van der Waals surface area contributed by atoms with E-state index in [1.807, 2.05) is 24.3 Å². The van der Waals surface area contributed by atoms with Crippen molar-refractivity contribution < 1.29 is 13.6 Å². The van der Waals surface area contributed by atoms with E-state index in [-0.39, 0.29) is 5.91 Å². The molecule has 5 nitrogen and oxygen atoms in total. The molecule has 1 fully saturated rings. The molecular formula is C15H14N2O3S2. The Bertz CT molecular complexity index is 790. The SMILES string of the molecule is O=C1Nc2ccccc2CC12CCN2[S+](=O)([O-])c1cccs1. The zero-order valence-electron chi connectivity index (χ0n) is 11.7. The van der Waals surface area contributed by atoms with Gasteiger partial charge in [-0.3, -0.25) is 4.79 Å². The molecule has 114 valence electrons. The summed E-state index contributed by atoms with van der Waals surface area (Å²) in [5, 5.41) is 4.59. The molecule has 4 rings (SSSR count). The van der Waals surface area contributed by atoms with Crippen LogP contribution in [0.25, 0.3) is 0 Å². The molecular weight excluding hydrogens is 320 g/mol. The zero-order valence-corrected chi connectivity index (χ0v) is 13.3. The summed E-state index contributed by atoms with van der Waals surface area (Å²) in [5.41, 5.74) is 0.781. The summed E-state index contributed by atoms with van der Waals surface area (Å²) >= 11 is 1.18. The molecule has 7 heteroatoms. The molecule has 3 heterocycles. The highest BCUT2D eigenvalue weighted by Crippen LogP contribution is 2.45. The van der Waals surface area contributed by atoms with Gasteiger partial charge in [0.05, 0.1) is 0 Å². The van der Waals surface area contributed by atoms with Gasteiger partial charge in [-0.2, -0.15) is 0 Å². The molecule has 0 aliphatic carbocycles. The van der Waals surface area contributed by atoms with Gasteiger partial charge in [0.25, 0.3) is 0 Å². The summed E-state index contributed by atoms with van der Waals surface area (Å²) in [6.07, 6.45) is 0.984. The van der Waals surface area contributed by atoms with Crippen LogP contribution >= 0.6 is 11.3 Å². The number of benzene rings is 1. The molecule has 0 radical (unpaired) electrons. The van der Waals surface area contributed by atoms with E-state index in [9.17, 15) is 13.6 Å². The number of thiophene rings is 1. The van der Waals surface area contributed by atoms with Crippen LogP contribution in [-0.2, 0) is 25.8 Å². The lowest BCUT2D eigenvalue weighted by atomic mass is 9.78. The number of nitrogens with zero attached hydrogens (tertiary/aromatic N) is 1. The number of para-hydroxylation sites is 1. The molecule has 2 atom stereocenters. The summed E-state index contributed by atoms with van der Waals surface area (Å²) in [6, 6.07) is 10.8. The molecule has 1 N–H and O–H groups in total. The summed E-state index contributed by atoms with van der Waals surface area (Å²) < 4.78 is 27.2. The van der Waals surface area contributed by atoms with E-state index in [1.54, 1.807) is 17.5 Å². The van der Waals surface area contributed by atoms with E-state index in [2.05, 4.69) is 5.32 Å². The molecule has 2 unspecified atom stereocenters. The molecule has 0 saturated carbocycles. The predicted molar refractivity (Wildman–Crippen MR) is 84.2 cm³/mol. The molecule has 2 aliphatic rings. The zero-order chi connectivity index (χ0) is 15.4. The summed E-state index contributed by atoms with van der Waals surface area (Å²) in [5.74, 6) is -0.224. The highest BCUT2D eigenvalue weighted by atomic mass is 32.3. The molecule has 1 amide bonds. The average Bonchev–Trinajstić information content (AvgIpc) is 3.00. The van der Waals surface area contributed by atoms with Crippen LogP contribution in [0.3, 0.4) is 0 Å². The molecule has 1 aromatic carbocycles. The van der Waals surface area contributed by atoms with E-state index in [1.165, 1.54) is 15.6 Å². The maximum atomic E-state index is 12.8. The van der Waals surface area contributed by atoms with Crippen LogP contribution in [0.15, 0.2) is 46.0 Å². The summed E-state index contributed by atoms with van der Waals surface area (Å²) in [4.78, 5) is 12.6. The van der Waals surface area contributed by atoms with Gasteiger partial charge in [-0.15, -0.1) is 4.31 Å². The largest absolute Gasteiger partial charge is 0.592 e. The normalized spacial score (nSPS) is 26.9. The van der Waals surface area contributed by atoms with Gasteiger partial charge in [-0.1, -0.05) is 33.7 Å². The third kappa shape index (κ3) is 1.83. The van der Waals surface area contributed by atoms with Crippen molar-refractivity contribution >= 4 is 33.3 Å². The number of sulfonamides is 1. The molecule has 2 aliphatic heterocycles. The minimum Gasteiger partial charge on any atom is -0.592 e. The van der Waals surface area contributed by atoms with Gasteiger partial charge in [0, 0.05) is 24.7 Å². The standard InChI is InChI=1S/C15H14N2O3S2/c18-14-15(10-11-4-1-2-5-12(11)16-14)7-8-17(15)22(19,20)13-6-3-9-21-13/h1-6,9H,7-8,10H2,(H-,16,18,19,20). The molecule has 1 spiro atoms. The van der Waals surface area contributed by atoms with Crippen LogP contribution in [0.4, 0.5) is 5.69 Å².